The molecule has 3 N–H and O–H groups in total. The number of rotatable bonds is 6. The number of aliphatic hydroxyl groups excluding tert-OH is 1. The molecular formula is C22H30F3NO3S. The van der Waals surface area contributed by atoms with Gasteiger partial charge in [0.2, 0.25) is 0 Å². The second-order valence-corrected chi connectivity index (χ2v) is 7.29. The average molecular weight is 446 g/mol. The molecule has 2 aromatic rings. The molecule has 0 saturated heterocycles. The fourth-order valence-electron chi connectivity index (χ4n) is 2.10. The Morgan fingerprint density at radius 2 is 1.63 bits per heavy atom. The van der Waals surface area contributed by atoms with Gasteiger partial charge in [-0.2, -0.15) is 0 Å². The van der Waals surface area contributed by atoms with E-state index in [0.29, 0.717) is 0 Å². The van der Waals surface area contributed by atoms with Crippen LogP contribution in [0.2, 0.25) is 0 Å². The normalized spacial score (nSPS) is 9.93. The van der Waals surface area contributed by atoms with Crippen LogP contribution in [0.25, 0.3) is 0 Å². The third kappa shape index (κ3) is 11.2. The summed E-state index contributed by atoms with van der Waals surface area (Å²) in [6, 6.07) is 6.29. The number of nitrogens with one attached hydrogen (secondary N) is 1. The van der Waals surface area contributed by atoms with Crippen molar-refractivity contribution in [2.75, 3.05) is 11.9 Å². The standard InChI is InChI=1S/C13H8F3NO2S.C7H16.C2H6O/c14-9-4-2-8(6-11(9)16)17-13(18)7-1-3-10(15)12(5-7)20-19;1-4-5-6-7(2)3;1-2-3/h1-6,19H,(H,17,18);7H,4-6H2,1-3H3;3H,2H2,1H3. The van der Waals surface area contributed by atoms with E-state index in [9.17, 15) is 18.0 Å². The van der Waals surface area contributed by atoms with Gasteiger partial charge in [0.15, 0.2) is 11.6 Å². The summed E-state index contributed by atoms with van der Waals surface area (Å²) in [6.45, 7) is 8.72. The number of anilines is 1. The highest BCUT2D eigenvalue weighted by atomic mass is 32.2. The smallest absolute Gasteiger partial charge is 0.255 e. The molecule has 0 heterocycles. The summed E-state index contributed by atoms with van der Waals surface area (Å²) in [6.07, 6.45) is 4.15. The predicted molar refractivity (Wildman–Crippen MR) is 116 cm³/mol. The molecule has 0 radical (unpaired) electrons. The van der Waals surface area contributed by atoms with Gasteiger partial charge in [0.25, 0.3) is 5.91 Å². The Bertz CT molecular complexity index is 773. The van der Waals surface area contributed by atoms with Gasteiger partial charge >= 0.3 is 0 Å². The molecule has 0 atom stereocenters. The minimum atomic E-state index is -1.09. The van der Waals surface area contributed by atoms with Crippen LogP contribution in [0, 0.1) is 23.4 Å². The number of carbonyl (C=O) groups excluding carboxylic acids is 1. The summed E-state index contributed by atoms with van der Waals surface area (Å²) in [4.78, 5) is 11.7. The summed E-state index contributed by atoms with van der Waals surface area (Å²) in [5.41, 5.74) is 0.143. The van der Waals surface area contributed by atoms with E-state index in [4.69, 9.17) is 9.66 Å². The van der Waals surface area contributed by atoms with Crippen molar-refractivity contribution in [1.29, 1.82) is 0 Å². The second kappa shape index (κ2) is 15.8. The monoisotopic (exact) mass is 445 g/mol. The zero-order valence-corrected chi connectivity index (χ0v) is 18.5. The van der Waals surface area contributed by atoms with E-state index in [1.54, 1.807) is 6.92 Å². The van der Waals surface area contributed by atoms with Crippen LogP contribution >= 0.6 is 12.0 Å². The molecule has 30 heavy (non-hydrogen) atoms. The molecular weight excluding hydrogens is 415 g/mol. The number of benzene rings is 2. The lowest BCUT2D eigenvalue weighted by atomic mass is 10.1. The number of halogens is 3. The predicted octanol–water partition coefficient (Wildman–Crippen LogP) is 6.75. The molecule has 4 nitrogen and oxygen atoms in total. The van der Waals surface area contributed by atoms with Crippen molar-refractivity contribution in [2.24, 2.45) is 5.92 Å². The first-order valence-corrected chi connectivity index (χ1v) is 10.5. The number of aliphatic hydroxyl groups is 1. The van der Waals surface area contributed by atoms with Crippen molar-refractivity contribution in [3.63, 3.8) is 0 Å². The van der Waals surface area contributed by atoms with Gasteiger partial charge in [-0.3, -0.25) is 4.79 Å². The lowest BCUT2D eigenvalue weighted by molar-refractivity contribution is 0.102. The molecule has 1 amide bonds. The van der Waals surface area contributed by atoms with Gasteiger partial charge in [0, 0.05) is 36.0 Å². The molecule has 0 aliphatic carbocycles. The molecule has 8 heteroatoms. The zero-order valence-electron chi connectivity index (χ0n) is 17.7. The van der Waals surface area contributed by atoms with Crippen molar-refractivity contribution in [3.05, 3.63) is 59.4 Å². The largest absolute Gasteiger partial charge is 0.397 e. The van der Waals surface area contributed by atoms with Gasteiger partial charge in [-0.25, -0.2) is 13.2 Å². The van der Waals surface area contributed by atoms with Gasteiger partial charge in [0.05, 0.1) is 4.90 Å². The summed E-state index contributed by atoms with van der Waals surface area (Å²) < 4.78 is 47.7. The first kappa shape index (κ1) is 28.0. The fourth-order valence-corrected chi connectivity index (χ4v) is 2.44. The van der Waals surface area contributed by atoms with E-state index in [1.807, 2.05) is 0 Å². The van der Waals surface area contributed by atoms with Crippen molar-refractivity contribution in [1.82, 2.24) is 0 Å². The number of carbonyl (C=O) groups is 1. The van der Waals surface area contributed by atoms with Gasteiger partial charge in [0.1, 0.15) is 5.82 Å². The minimum Gasteiger partial charge on any atom is -0.397 e. The highest BCUT2D eigenvalue weighted by Crippen LogP contribution is 2.21. The molecule has 0 fully saturated rings. The Morgan fingerprint density at radius 1 is 1.03 bits per heavy atom. The van der Waals surface area contributed by atoms with Gasteiger partial charge in [-0.15, -0.1) is 0 Å². The van der Waals surface area contributed by atoms with E-state index in [2.05, 4.69) is 26.1 Å². The summed E-state index contributed by atoms with van der Waals surface area (Å²) >= 11 is 0.173. The molecule has 2 aromatic carbocycles. The minimum absolute atomic E-state index is 0.0661. The van der Waals surface area contributed by atoms with Gasteiger partial charge in [-0.1, -0.05) is 40.0 Å². The van der Waals surface area contributed by atoms with E-state index in [-0.39, 0.29) is 34.8 Å². The van der Waals surface area contributed by atoms with Crippen molar-refractivity contribution in [3.8, 4) is 0 Å². The van der Waals surface area contributed by atoms with Crippen molar-refractivity contribution < 1.29 is 27.6 Å². The molecule has 0 unspecified atom stereocenters. The average Bonchev–Trinajstić information content (AvgIpc) is 2.70. The Kier molecular flexibility index (Phi) is 14.7. The van der Waals surface area contributed by atoms with E-state index in [0.717, 1.165) is 30.2 Å². The van der Waals surface area contributed by atoms with E-state index >= 15 is 0 Å². The summed E-state index contributed by atoms with van der Waals surface area (Å²) in [5.74, 6) is -2.51. The number of hydrogen-bond donors (Lipinski definition) is 3. The van der Waals surface area contributed by atoms with Crippen LogP contribution in [-0.4, -0.2) is 22.2 Å². The van der Waals surface area contributed by atoms with Gasteiger partial charge in [-0.05, 0) is 43.2 Å². The van der Waals surface area contributed by atoms with E-state index < -0.39 is 23.4 Å². The number of amides is 1. The third-order valence-corrected chi connectivity index (χ3v) is 4.11. The lowest BCUT2D eigenvalue weighted by Gasteiger charge is -2.07. The van der Waals surface area contributed by atoms with Crippen LogP contribution in [0.4, 0.5) is 18.9 Å². The van der Waals surface area contributed by atoms with Crippen LogP contribution in [0.15, 0.2) is 41.3 Å². The van der Waals surface area contributed by atoms with E-state index in [1.165, 1.54) is 31.4 Å². The maximum atomic E-state index is 13.2. The first-order chi connectivity index (χ1) is 14.2. The lowest BCUT2D eigenvalue weighted by Crippen LogP contribution is -2.12. The topological polar surface area (TPSA) is 69.6 Å². The summed E-state index contributed by atoms with van der Waals surface area (Å²) in [7, 11) is 0. The highest BCUT2D eigenvalue weighted by Gasteiger charge is 2.11. The molecule has 0 saturated carbocycles. The molecule has 0 spiro atoms. The number of unbranched alkanes of at least 4 members (excludes halogenated alkanes) is 1. The molecule has 2 rings (SSSR count). The fraction of sp³-hybridized carbons (Fsp3) is 0.409. The van der Waals surface area contributed by atoms with Crippen molar-refractivity contribution in [2.45, 2.75) is 51.9 Å². The second-order valence-electron chi connectivity index (χ2n) is 6.67. The quantitative estimate of drug-likeness (QED) is 0.430. The number of hydrogen-bond acceptors (Lipinski definition) is 4. The molecule has 0 aliphatic rings. The van der Waals surface area contributed by atoms with Gasteiger partial charge < -0.3 is 15.0 Å². The molecule has 0 aromatic heterocycles. The van der Waals surface area contributed by atoms with Crippen LogP contribution in [0.1, 0.15) is 57.3 Å². The maximum Gasteiger partial charge on any atom is 0.255 e. The Labute approximate surface area is 180 Å². The molecule has 168 valence electrons. The molecule has 0 aliphatic heterocycles. The molecule has 0 bridgehead atoms. The van der Waals surface area contributed by atoms with Crippen LogP contribution < -0.4 is 5.32 Å². The SMILES string of the molecule is CCCCC(C)C.CCO.O=C(Nc1ccc(F)c(F)c1)c1ccc(F)c(SO)c1. The maximum absolute atomic E-state index is 13.2. The zero-order chi connectivity index (χ0) is 23.1. The van der Waals surface area contributed by atoms with Crippen LogP contribution in [0.5, 0.6) is 0 Å². The van der Waals surface area contributed by atoms with Crippen LogP contribution in [0.3, 0.4) is 0 Å². The summed E-state index contributed by atoms with van der Waals surface area (Å²) in [5, 5.41) is 9.91. The highest BCUT2D eigenvalue weighted by molar-refractivity contribution is 7.93. The van der Waals surface area contributed by atoms with Crippen LogP contribution in [-0.2, 0) is 0 Å². The van der Waals surface area contributed by atoms with Crippen molar-refractivity contribution >= 4 is 23.6 Å². The Balaban J connectivity index is 0.000000706. The first-order valence-electron chi connectivity index (χ1n) is 9.68. The Morgan fingerprint density at radius 3 is 2.10 bits per heavy atom. The third-order valence-electron chi connectivity index (χ3n) is 3.60. The Hall–Kier alpha value is -2.03.